The number of benzene rings is 1. The summed E-state index contributed by atoms with van der Waals surface area (Å²) in [6.45, 7) is 6.00. The normalized spacial score (nSPS) is 17.5. The lowest BCUT2D eigenvalue weighted by Gasteiger charge is -2.33. The smallest absolute Gasteiger partial charge is 0.276 e. The van der Waals surface area contributed by atoms with Gasteiger partial charge in [0.2, 0.25) is 5.91 Å². The van der Waals surface area contributed by atoms with Crippen LogP contribution in [0.15, 0.2) is 24.3 Å². The van der Waals surface area contributed by atoms with Crippen molar-refractivity contribution in [1.82, 2.24) is 19.6 Å². The number of anilines is 3. The van der Waals surface area contributed by atoms with Gasteiger partial charge in [0.1, 0.15) is 5.69 Å². The van der Waals surface area contributed by atoms with Crippen molar-refractivity contribution in [2.24, 2.45) is 7.05 Å². The topological polar surface area (TPSA) is 73.7 Å². The highest BCUT2D eigenvalue weighted by Gasteiger charge is 2.35. The average Bonchev–Trinajstić information content (AvgIpc) is 2.93. The number of amides is 2. The Morgan fingerprint density at radius 3 is 2.59 bits per heavy atom. The highest BCUT2D eigenvalue weighted by atomic mass is 16.2. The Bertz CT molecular complexity index is 929. The fourth-order valence-electron chi connectivity index (χ4n) is 4.07. The molecule has 154 valence electrons. The van der Waals surface area contributed by atoms with Crippen molar-refractivity contribution in [2.45, 2.75) is 19.8 Å². The summed E-state index contributed by atoms with van der Waals surface area (Å²) >= 11 is 0. The van der Waals surface area contributed by atoms with Gasteiger partial charge in [-0.1, -0.05) is 25.5 Å². The third-order valence-corrected chi connectivity index (χ3v) is 5.61. The molecule has 0 saturated carbocycles. The lowest BCUT2D eigenvalue weighted by molar-refractivity contribution is -0.119. The molecule has 8 nitrogen and oxygen atoms in total. The first-order valence-corrected chi connectivity index (χ1v) is 10.2. The van der Waals surface area contributed by atoms with Gasteiger partial charge in [0.15, 0.2) is 5.69 Å². The Balaban J connectivity index is 1.78. The summed E-state index contributed by atoms with van der Waals surface area (Å²) in [5.74, 6) is -0.273. The number of carbonyl (C=O) groups excluding carboxylic acids is 2. The fraction of sp³-hybridized carbons (Fsp3) is 0.476. The van der Waals surface area contributed by atoms with Crippen molar-refractivity contribution < 1.29 is 9.59 Å². The maximum atomic E-state index is 13.6. The molecule has 1 aromatic heterocycles. The van der Waals surface area contributed by atoms with Gasteiger partial charge in [-0.15, -0.1) is 0 Å². The van der Waals surface area contributed by atoms with Crippen LogP contribution in [0.25, 0.3) is 0 Å². The van der Waals surface area contributed by atoms with Crippen LogP contribution in [0.3, 0.4) is 0 Å². The molecular weight excluding hydrogens is 368 g/mol. The van der Waals surface area contributed by atoms with Gasteiger partial charge in [-0.05, 0) is 25.6 Å². The Morgan fingerprint density at radius 1 is 1.14 bits per heavy atom. The Morgan fingerprint density at radius 2 is 1.86 bits per heavy atom. The molecule has 1 N–H and O–H groups in total. The first kappa shape index (κ1) is 19.6. The molecule has 1 fully saturated rings. The van der Waals surface area contributed by atoms with E-state index in [1.807, 2.05) is 24.3 Å². The van der Waals surface area contributed by atoms with E-state index in [2.05, 4.69) is 34.2 Å². The predicted octanol–water partition coefficient (Wildman–Crippen LogP) is 1.85. The van der Waals surface area contributed by atoms with Crippen molar-refractivity contribution in [3.05, 3.63) is 35.7 Å². The third-order valence-electron chi connectivity index (χ3n) is 5.61. The largest absolute Gasteiger partial charge is 0.319 e. The molecule has 2 aromatic rings. The van der Waals surface area contributed by atoms with Crippen LogP contribution >= 0.6 is 0 Å². The number of aryl methyl sites for hydroxylation is 2. The predicted molar refractivity (Wildman–Crippen MR) is 113 cm³/mol. The number of carbonyl (C=O) groups is 2. The van der Waals surface area contributed by atoms with Crippen LogP contribution in [0.4, 0.5) is 17.1 Å². The zero-order valence-electron chi connectivity index (χ0n) is 17.3. The molecule has 0 spiro atoms. The van der Waals surface area contributed by atoms with Gasteiger partial charge in [-0.3, -0.25) is 24.1 Å². The first-order chi connectivity index (χ1) is 14.0. The molecule has 0 aliphatic carbocycles. The van der Waals surface area contributed by atoms with Crippen LogP contribution in [0.2, 0.25) is 0 Å². The van der Waals surface area contributed by atoms with Crippen LogP contribution in [-0.4, -0.2) is 71.2 Å². The number of aromatic nitrogens is 2. The molecule has 1 saturated heterocycles. The molecule has 3 heterocycles. The summed E-state index contributed by atoms with van der Waals surface area (Å²) in [5.41, 5.74) is 3.17. The summed E-state index contributed by atoms with van der Waals surface area (Å²) in [6.07, 6.45) is 1.59. The SMILES string of the molecule is CCCc1nn(C)c2c1N(C(=O)CN1CCN(C)CC1)c1ccccc1NC2=O. The van der Waals surface area contributed by atoms with E-state index in [1.165, 1.54) is 0 Å². The van der Waals surface area contributed by atoms with Crippen molar-refractivity contribution in [1.29, 1.82) is 0 Å². The standard InChI is InChI=1S/C21H28N6O2/c1-4-7-16-19-20(25(3)23-16)21(29)22-15-8-5-6-9-17(15)27(19)18(28)14-26-12-10-24(2)11-13-26/h5-6,8-9H,4,7,10-14H2,1-3H3,(H,22,29). The van der Waals surface area contributed by atoms with E-state index in [9.17, 15) is 9.59 Å². The van der Waals surface area contributed by atoms with E-state index in [1.54, 1.807) is 16.6 Å². The fourth-order valence-corrected chi connectivity index (χ4v) is 4.07. The maximum absolute atomic E-state index is 13.6. The Labute approximate surface area is 171 Å². The molecule has 29 heavy (non-hydrogen) atoms. The second-order valence-corrected chi connectivity index (χ2v) is 7.80. The quantitative estimate of drug-likeness (QED) is 0.854. The van der Waals surface area contributed by atoms with E-state index in [-0.39, 0.29) is 11.8 Å². The number of fused-ring (bicyclic) bond motifs is 2. The van der Waals surface area contributed by atoms with E-state index >= 15 is 0 Å². The second kappa shape index (κ2) is 7.96. The molecule has 1 aromatic carbocycles. The number of rotatable bonds is 4. The molecule has 2 aliphatic heterocycles. The van der Waals surface area contributed by atoms with Gasteiger partial charge in [-0.25, -0.2) is 0 Å². The van der Waals surface area contributed by atoms with Crippen LogP contribution in [-0.2, 0) is 18.3 Å². The molecular formula is C21H28N6O2. The average molecular weight is 396 g/mol. The number of hydrogen-bond donors (Lipinski definition) is 1. The molecule has 0 radical (unpaired) electrons. The highest BCUT2D eigenvalue weighted by molar-refractivity contribution is 6.17. The monoisotopic (exact) mass is 396 g/mol. The summed E-state index contributed by atoms with van der Waals surface area (Å²) in [7, 11) is 3.86. The minimum absolute atomic E-state index is 0.0369. The van der Waals surface area contributed by atoms with Crippen molar-refractivity contribution in [3.8, 4) is 0 Å². The van der Waals surface area contributed by atoms with Gasteiger partial charge in [-0.2, -0.15) is 5.10 Å². The van der Waals surface area contributed by atoms with Crippen LogP contribution in [0.1, 0.15) is 29.5 Å². The molecule has 0 unspecified atom stereocenters. The van der Waals surface area contributed by atoms with Crippen molar-refractivity contribution in [2.75, 3.05) is 50.0 Å². The summed E-state index contributed by atoms with van der Waals surface area (Å²) < 4.78 is 1.59. The number of nitrogens with zero attached hydrogens (tertiary/aromatic N) is 5. The number of piperazine rings is 1. The van der Waals surface area contributed by atoms with Crippen LogP contribution < -0.4 is 10.2 Å². The second-order valence-electron chi connectivity index (χ2n) is 7.80. The number of para-hydroxylation sites is 2. The van der Waals surface area contributed by atoms with Gasteiger partial charge in [0, 0.05) is 33.2 Å². The van der Waals surface area contributed by atoms with Crippen molar-refractivity contribution >= 4 is 28.9 Å². The van der Waals surface area contributed by atoms with E-state index in [0.29, 0.717) is 35.7 Å². The zero-order chi connectivity index (χ0) is 20.5. The lowest BCUT2D eigenvalue weighted by Crippen LogP contribution is -2.48. The Kier molecular flexibility index (Phi) is 5.38. The first-order valence-electron chi connectivity index (χ1n) is 10.2. The number of likely N-dealkylation sites (N-methyl/N-ethyl adjacent to an activating group) is 1. The highest BCUT2D eigenvalue weighted by Crippen LogP contribution is 2.40. The lowest BCUT2D eigenvalue weighted by atomic mass is 10.1. The summed E-state index contributed by atoms with van der Waals surface area (Å²) in [6, 6.07) is 7.48. The summed E-state index contributed by atoms with van der Waals surface area (Å²) in [4.78, 5) is 32.7. The van der Waals surface area contributed by atoms with Gasteiger partial charge < -0.3 is 10.2 Å². The molecule has 2 amide bonds. The number of hydrogen-bond acceptors (Lipinski definition) is 5. The van der Waals surface area contributed by atoms with Crippen molar-refractivity contribution in [3.63, 3.8) is 0 Å². The van der Waals surface area contributed by atoms with Gasteiger partial charge >= 0.3 is 0 Å². The van der Waals surface area contributed by atoms with Gasteiger partial charge in [0.25, 0.3) is 5.91 Å². The zero-order valence-corrected chi connectivity index (χ0v) is 17.3. The Hall–Kier alpha value is -2.71. The minimum atomic E-state index is -0.236. The molecule has 0 atom stereocenters. The number of nitrogens with one attached hydrogen (secondary N) is 1. The minimum Gasteiger partial charge on any atom is -0.319 e. The van der Waals surface area contributed by atoms with E-state index in [0.717, 1.165) is 38.3 Å². The van der Waals surface area contributed by atoms with Crippen LogP contribution in [0.5, 0.6) is 0 Å². The molecule has 4 rings (SSSR count). The molecule has 0 bridgehead atoms. The molecule has 8 heteroatoms. The van der Waals surface area contributed by atoms with E-state index in [4.69, 9.17) is 0 Å². The van der Waals surface area contributed by atoms with Crippen LogP contribution in [0, 0.1) is 0 Å². The van der Waals surface area contributed by atoms with E-state index < -0.39 is 0 Å². The summed E-state index contributed by atoms with van der Waals surface area (Å²) in [5, 5.41) is 7.53. The molecule has 2 aliphatic rings. The van der Waals surface area contributed by atoms with Gasteiger partial charge in [0.05, 0.1) is 23.6 Å². The third kappa shape index (κ3) is 3.65. The maximum Gasteiger partial charge on any atom is 0.276 e.